The fourth-order valence-electron chi connectivity index (χ4n) is 1.77. The van der Waals surface area contributed by atoms with Gasteiger partial charge < -0.3 is 14.6 Å². The minimum absolute atomic E-state index is 0.176. The van der Waals surface area contributed by atoms with Crippen LogP contribution in [0.25, 0.3) is 6.08 Å². The highest BCUT2D eigenvalue weighted by Crippen LogP contribution is 2.11. The van der Waals surface area contributed by atoms with Gasteiger partial charge in [0, 0.05) is 11.6 Å². The molecular formula is C17H18N2O3. The molecule has 5 heteroatoms. The smallest absolute Gasteiger partial charge is 0.251 e. The highest BCUT2D eigenvalue weighted by Gasteiger charge is 2.07. The summed E-state index contributed by atoms with van der Waals surface area (Å²) >= 11 is 0. The number of methoxy groups -OCH3 is 1. The minimum Gasteiger partial charge on any atom is -0.497 e. The van der Waals surface area contributed by atoms with E-state index in [1.165, 1.54) is 0 Å². The summed E-state index contributed by atoms with van der Waals surface area (Å²) in [5.41, 5.74) is 1.28. The maximum absolute atomic E-state index is 12.0. The molecule has 0 radical (unpaired) electrons. The first-order valence-electron chi connectivity index (χ1n) is 6.90. The Kier molecular flexibility index (Phi) is 5.54. The average Bonchev–Trinajstić information content (AvgIpc) is 3.01. The molecule has 1 aromatic carbocycles. The molecule has 0 aliphatic carbocycles. The molecule has 0 saturated carbocycles. The number of benzene rings is 1. The van der Waals surface area contributed by atoms with Gasteiger partial charge in [-0.25, -0.2) is 0 Å². The van der Waals surface area contributed by atoms with Gasteiger partial charge >= 0.3 is 0 Å². The summed E-state index contributed by atoms with van der Waals surface area (Å²) in [6.07, 6.45) is 7.53. The van der Waals surface area contributed by atoms with Crippen molar-refractivity contribution < 1.29 is 14.1 Å². The summed E-state index contributed by atoms with van der Waals surface area (Å²) in [6, 6.07) is 8.69. The van der Waals surface area contributed by atoms with E-state index < -0.39 is 0 Å². The first kappa shape index (κ1) is 15.6. The summed E-state index contributed by atoms with van der Waals surface area (Å²) in [4.78, 5) is 12.0. The lowest BCUT2D eigenvalue weighted by Crippen LogP contribution is -2.22. The molecule has 0 atom stereocenters. The summed E-state index contributed by atoms with van der Waals surface area (Å²) in [5, 5.41) is 6.68. The van der Waals surface area contributed by atoms with E-state index in [-0.39, 0.29) is 12.5 Å². The third-order valence-corrected chi connectivity index (χ3v) is 2.92. The average molecular weight is 298 g/mol. The number of allylic oxidation sites excluding steroid dienone is 3. The number of hydrogen-bond donors (Lipinski definition) is 1. The molecule has 0 aliphatic rings. The zero-order valence-corrected chi connectivity index (χ0v) is 12.6. The lowest BCUT2D eigenvalue weighted by atomic mass is 10.2. The second kappa shape index (κ2) is 7.83. The molecule has 5 nitrogen and oxygen atoms in total. The summed E-state index contributed by atoms with van der Waals surface area (Å²) in [7, 11) is 1.58. The van der Waals surface area contributed by atoms with Gasteiger partial charge in [-0.3, -0.25) is 4.79 Å². The molecule has 0 unspecified atom stereocenters. The van der Waals surface area contributed by atoms with Gasteiger partial charge in [-0.05, 0) is 37.3 Å². The van der Waals surface area contributed by atoms with Crippen LogP contribution in [0.3, 0.4) is 0 Å². The number of hydrogen-bond acceptors (Lipinski definition) is 4. The van der Waals surface area contributed by atoms with Crippen LogP contribution in [0.4, 0.5) is 0 Å². The monoisotopic (exact) mass is 298 g/mol. The standard InChI is InChI=1S/C17H18N2O3/c1-3-4-5-6-14-11-16(22-19-14)12-18-17(20)13-7-9-15(21-2)10-8-13/h3-11H,12H2,1-2H3,(H,18,20)/b4-3+,6-5+. The van der Waals surface area contributed by atoms with Crippen LogP contribution in [0.15, 0.2) is 53.1 Å². The number of ether oxygens (including phenoxy) is 1. The first-order chi connectivity index (χ1) is 10.7. The van der Waals surface area contributed by atoms with Gasteiger partial charge in [0.15, 0.2) is 5.76 Å². The fraction of sp³-hybridized carbons (Fsp3) is 0.176. The lowest BCUT2D eigenvalue weighted by Gasteiger charge is -2.04. The molecule has 1 heterocycles. The number of amides is 1. The molecule has 0 fully saturated rings. The van der Waals surface area contributed by atoms with Gasteiger partial charge in [0.1, 0.15) is 11.4 Å². The predicted octanol–water partition coefficient (Wildman–Crippen LogP) is 3.20. The van der Waals surface area contributed by atoms with Crippen molar-refractivity contribution in [3.8, 4) is 5.75 Å². The normalized spacial score (nSPS) is 11.2. The van der Waals surface area contributed by atoms with Gasteiger partial charge in [0.2, 0.25) is 0 Å². The largest absolute Gasteiger partial charge is 0.497 e. The topological polar surface area (TPSA) is 64.4 Å². The number of carbonyl (C=O) groups excluding carboxylic acids is 1. The molecule has 0 bridgehead atoms. The Labute approximate surface area is 129 Å². The number of carbonyl (C=O) groups is 1. The van der Waals surface area contributed by atoms with Crippen LogP contribution in [-0.2, 0) is 6.54 Å². The van der Waals surface area contributed by atoms with E-state index in [1.807, 2.05) is 31.2 Å². The van der Waals surface area contributed by atoms with Gasteiger partial charge in [-0.15, -0.1) is 0 Å². The SMILES string of the molecule is C/C=C/C=C/c1cc(CNC(=O)c2ccc(OC)cc2)on1. The van der Waals surface area contributed by atoms with Gasteiger partial charge in [0.25, 0.3) is 5.91 Å². The Bertz CT molecular complexity index is 669. The molecular weight excluding hydrogens is 280 g/mol. The van der Waals surface area contributed by atoms with Crippen LogP contribution in [0.5, 0.6) is 5.75 Å². The van der Waals surface area contributed by atoms with Gasteiger partial charge in [0.05, 0.1) is 13.7 Å². The first-order valence-corrected chi connectivity index (χ1v) is 6.90. The summed E-state index contributed by atoms with van der Waals surface area (Å²) < 4.78 is 10.2. The number of nitrogens with one attached hydrogen (secondary N) is 1. The van der Waals surface area contributed by atoms with Crippen LogP contribution in [0.2, 0.25) is 0 Å². The Morgan fingerprint density at radius 3 is 2.77 bits per heavy atom. The van der Waals surface area contributed by atoms with Crippen molar-refractivity contribution >= 4 is 12.0 Å². The van der Waals surface area contributed by atoms with E-state index in [2.05, 4.69) is 10.5 Å². The third kappa shape index (κ3) is 4.34. The molecule has 0 spiro atoms. The van der Waals surface area contributed by atoms with Crippen molar-refractivity contribution in [3.05, 3.63) is 65.6 Å². The fourth-order valence-corrected chi connectivity index (χ4v) is 1.77. The van der Waals surface area contributed by atoms with E-state index >= 15 is 0 Å². The Hall–Kier alpha value is -2.82. The third-order valence-electron chi connectivity index (χ3n) is 2.92. The molecule has 1 amide bonds. The van der Waals surface area contributed by atoms with Crippen molar-refractivity contribution in [2.45, 2.75) is 13.5 Å². The van der Waals surface area contributed by atoms with Crippen molar-refractivity contribution in [1.82, 2.24) is 10.5 Å². The molecule has 2 aromatic rings. The second-order valence-electron chi connectivity index (χ2n) is 4.51. The Morgan fingerprint density at radius 2 is 2.09 bits per heavy atom. The van der Waals surface area contributed by atoms with E-state index in [0.29, 0.717) is 22.8 Å². The minimum atomic E-state index is -0.176. The predicted molar refractivity (Wildman–Crippen MR) is 84.5 cm³/mol. The maximum Gasteiger partial charge on any atom is 0.251 e. The van der Waals surface area contributed by atoms with Crippen molar-refractivity contribution in [2.75, 3.05) is 7.11 Å². The van der Waals surface area contributed by atoms with Crippen molar-refractivity contribution in [2.24, 2.45) is 0 Å². The molecule has 1 aromatic heterocycles. The zero-order valence-electron chi connectivity index (χ0n) is 12.6. The number of nitrogens with zero attached hydrogens (tertiary/aromatic N) is 1. The van der Waals surface area contributed by atoms with E-state index in [4.69, 9.17) is 9.26 Å². The highest BCUT2D eigenvalue weighted by molar-refractivity contribution is 5.94. The molecule has 1 N–H and O–H groups in total. The van der Waals surface area contributed by atoms with Crippen LogP contribution in [0, 0.1) is 0 Å². The Morgan fingerprint density at radius 1 is 1.32 bits per heavy atom. The molecule has 114 valence electrons. The van der Waals surface area contributed by atoms with E-state index in [1.54, 1.807) is 37.4 Å². The van der Waals surface area contributed by atoms with Crippen molar-refractivity contribution in [1.29, 1.82) is 0 Å². The van der Waals surface area contributed by atoms with E-state index in [9.17, 15) is 4.79 Å². The summed E-state index contributed by atoms with van der Waals surface area (Å²) in [6.45, 7) is 2.22. The molecule has 0 saturated heterocycles. The number of rotatable bonds is 6. The van der Waals surface area contributed by atoms with Gasteiger partial charge in [-0.2, -0.15) is 0 Å². The maximum atomic E-state index is 12.0. The number of aromatic nitrogens is 1. The zero-order chi connectivity index (χ0) is 15.8. The molecule has 2 rings (SSSR count). The second-order valence-corrected chi connectivity index (χ2v) is 4.51. The molecule has 22 heavy (non-hydrogen) atoms. The quantitative estimate of drug-likeness (QED) is 0.832. The van der Waals surface area contributed by atoms with Crippen LogP contribution >= 0.6 is 0 Å². The summed E-state index contributed by atoms with van der Waals surface area (Å²) in [5.74, 6) is 1.14. The van der Waals surface area contributed by atoms with Crippen LogP contribution < -0.4 is 10.1 Å². The Balaban J connectivity index is 1.90. The highest BCUT2D eigenvalue weighted by atomic mass is 16.5. The van der Waals surface area contributed by atoms with Crippen molar-refractivity contribution in [3.63, 3.8) is 0 Å². The van der Waals surface area contributed by atoms with Gasteiger partial charge in [-0.1, -0.05) is 23.4 Å². The van der Waals surface area contributed by atoms with Crippen LogP contribution in [0.1, 0.15) is 28.7 Å². The van der Waals surface area contributed by atoms with Crippen LogP contribution in [-0.4, -0.2) is 18.2 Å². The lowest BCUT2D eigenvalue weighted by molar-refractivity contribution is 0.0947. The van der Waals surface area contributed by atoms with E-state index in [0.717, 1.165) is 0 Å². The molecule has 0 aliphatic heterocycles.